The highest BCUT2D eigenvalue weighted by atomic mass is 35.5. The van der Waals surface area contributed by atoms with Crippen LogP contribution in [0.2, 0.25) is 5.15 Å². The van der Waals surface area contributed by atoms with Crippen molar-refractivity contribution in [3.8, 4) is 0 Å². The molecule has 2 heterocycles. The van der Waals surface area contributed by atoms with Crippen molar-refractivity contribution in [2.24, 2.45) is 0 Å². The minimum atomic E-state index is 0.257. The van der Waals surface area contributed by atoms with Gasteiger partial charge >= 0.3 is 0 Å². The van der Waals surface area contributed by atoms with E-state index in [2.05, 4.69) is 4.98 Å². The number of anilines is 1. The van der Waals surface area contributed by atoms with Crippen molar-refractivity contribution in [2.45, 2.75) is 0 Å². The van der Waals surface area contributed by atoms with Gasteiger partial charge in [-0.05, 0) is 0 Å². The highest BCUT2D eigenvalue weighted by Gasteiger charge is 2.19. The second-order valence-corrected chi connectivity index (χ2v) is 4.76. The van der Waals surface area contributed by atoms with Gasteiger partial charge in [0.15, 0.2) is 16.6 Å². The number of piperazine rings is 1. The Morgan fingerprint density at radius 2 is 1.94 bits per heavy atom. The van der Waals surface area contributed by atoms with Crippen LogP contribution in [0.4, 0.5) is 5.13 Å². The van der Waals surface area contributed by atoms with Crippen molar-refractivity contribution in [1.29, 1.82) is 0 Å². The minimum Gasteiger partial charge on any atom is -0.344 e. The number of amides is 1. The van der Waals surface area contributed by atoms with Crippen molar-refractivity contribution >= 4 is 40.8 Å². The standard InChI is InChI=1S/C9H10ClN3O2S/c10-8-7(5-14)16-9(11-8)13-3-1-12(6-15)2-4-13/h5-6H,1-4H2. The third-order valence-electron chi connectivity index (χ3n) is 2.44. The van der Waals surface area contributed by atoms with Gasteiger partial charge in [-0.15, -0.1) is 0 Å². The molecule has 5 nitrogen and oxygen atoms in total. The van der Waals surface area contributed by atoms with Crippen molar-refractivity contribution in [3.05, 3.63) is 10.0 Å². The number of aromatic nitrogens is 1. The second kappa shape index (κ2) is 4.80. The smallest absolute Gasteiger partial charge is 0.209 e. The Balaban J connectivity index is 2.08. The number of nitrogens with zero attached hydrogens (tertiary/aromatic N) is 3. The molecule has 7 heteroatoms. The molecule has 1 saturated heterocycles. The van der Waals surface area contributed by atoms with Gasteiger partial charge in [0.05, 0.1) is 0 Å². The lowest BCUT2D eigenvalue weighted by atomic mass is 10.3. The fourth-order valence-electron chi connectivity index (χ4n) is 1.53. The quantitative estimate of drug-likeness (QED) is 0.757. The van der Waals surface area contributed by atoms with Crippen molar-refractivity contribution < 1.29 is 9.59 Å². The summed E-state index contributed by atoms with van der Waals surface area (Å²) < 4.78 is 0. The summed E-state index contributed by atoms with van der Waals surface area (Å²) in [6.45, 7) is 2.80. The van der Waals surface area contributed by atoms with Crippen LogP contribution < -0.4 is 4.90 Å². The van der Waals surface area contributed by atoms with Crippen LogP contribution in [0.25, 0.3) is 0 Å². The van der Waals surface area contributed by atoms with Crippen LogP contribution in [0.5, 0.6) is 0 Å². The highest BCUT2D eigenvalue weighted by Crippen LogP contribution is 2.28. The molecule has 0 N–H and O–H groups in total. The maximum Gasteiger partial charge on any atom is 0.209 e. The van der Waals surface area contributed by atoms with Crippen LogP contribution in [0.1, 0.15) is 9.67 Å². The molecule has 86 valence electrons. The predicted molar refractivity (Wildman–Crippen MR) is 62.4 cm³/mol. The average Bonchev–Trinajstić information content (AvgIpc) is 2.71. The fourth-order valence-corrected chi connectivity index (χ4v) is 2.64. The van der Waals surface area contributed by atoms with Gasteiger partial charge in [0.25, 0.3) is 0 Å². The van der Waals surface area contributed by atoms with E-state index in [1.807, 2.05) is 4.90 Å². The van der Waals surface area contributed by atoms with E-state index in [4.69, 9.17) is 11.6 Å². The predicted octanol–water partition coefficient (Wildman–Crippen LogP) is 0.887. The van der Waals surface area contributed by atoms with E-state index in [0.717, 1.165) is 24.6 Å². The Morgan fingerprint density at radius 1 is 1.25 bits per heavy atom. The molecule has 0 atom stereocenters. The number of aldehydes is 1. The summed E-state index contributed by atoms with van der Waals surface area (Å²) in [7, 11) is 0. The van der Waals surface area contributed by atoms with Crippen molar-refractivity contribution in [1.82, 2.24) is 9.88 Å². The third-order valence-corrected chi connectivity index (χ3v) is 3.88. The van der Waals surface area contributed by atoms with E-state index < -0.39 is 0 Å². The molecular weight excluding hydrogens is 250 g/mol. The SMILES string of the molecule is O=Cc1sc(N2CCN(C=O)CC2)nc1Cl. The molecule has 1 aliphatic heterocycles. The van der Waals surface area contributed by atoms with E-state index in [-0.39, 0.29) is 5.15 Å². The number of thiazole rings is 1. The van der Waals surface area contributed by atoms with E-state index in [0.29, 0.717) is 24.3 Å². The van der Waals surface area contributed by atoms with Gasteiger partial charge < -0.3 is 9.80 Å². The molecule has 0 aliphatic carbocycles. The van der Waals surface area contributed by atoms with Gasteiger partial charge in [-0.25, -0.2) is 4.98 Å². The van der Waals surface area contributed by atoms with E-state index in [1.54, 1.807) is 4.90 Å². The molecule has 1 aromatic rings. The lowest BCUT2D eigenvalue weighted by molar-refractivity contribution is -0.118. The monoisotopic (exact) mass is 259 g/mol. The van der Waals surface area contributed by atoms with Crippen LogP contribution in [-0.4, -0.2) is 48.8 Å². The molecule has 0 bridgehead atoms. The lowest BCUT2D eigenvalue weighted by Gasteiger charge is -2.32. The Kier molecular flexibility index (Phi) is 3.40. The zero-order valence-electron chi connectivity index (χ0n) is 8.43. The first kappa shape index (κ1) is 11.3. The number of hydrogen-bond acceptors (Lipinski definition) is 5. The topological polar surface area (TPSA) is 53.5 Å². The maximum atomic E-state index is 10.6. The zero-order chi connectivity index (χ0) is 11.5. The Morgan fingerprint density at radius 3 is 2.44 bits per heavy atom. The molecule has 0 saturated carbocycles. The van der Waals surface area contributed by atoms with Gasteiger partial charge in [0.1, 0.15) is 4.88 Å². The normalized spacial score (nSPS) is 16.3. The lowest BCUT2D eigenvalue weighted by Crippen LogP contribution is -2.45. The van der Waals surface area contributed by atoms with Crippen LogP contribution in [0.15, 0.2) is 0 Å². The molecular formula is C9H10ClN3O2S. The molecule has 1 aliphatic rings. The van der Waals surface area contributed by atoms with Gasteiger partial charge in [0, 0.05) is 26.2 Å². The molecule has 0 aromatic carbocycles. The summed E-state index contributed by atoms with van der Waals surface area (Å²) in [5.74, 6) is 0. The van der Waals surface area contributed by atoms with Crippen LogP contribution in [0.3, 0.4) is 0 Å². The summed E-state index contributed by atoms with van der Waals surface area (Å²) in [6, 6.07) is 0. The number of halogens is 1. The average molecular weight is 260 g/mol. The van der Waals surface area contributed by atoms with E-state index >= 15 is 0 Å². The first-order valence-corrected chi connectivity index (χ1v) is 6.00. The Bertz CT molecular complexity index is 401. The largest absolute Gasteiger partial charge is 0.344 e. The Hall–Kier alpha value is -1.14. The molecule has 1 amide bonds. The first-order valence-electron chi connectivity index (χ1n) is 4.80. The molecule has 0 radical (unpaired) electrons. The number of hydrogen-bond donors (Lipinski definition) is 0. The van der Waals surface area contributed by atoms with Crippen LogP contribution >= 0.6 is 22.9 Å². The summed E-state index contributed by atoms with van der Waals surface area (Å²) in [5, 5.41) is 1.01. The molecule has 2 rings (SSSR count). The number of carbonyl (C=O) groups is 2. The summed E-state index contributed by atoms with van der Waals surface area (Å²) in [6.07, 6.45) is 1.56. The first-order chi connectivity index (χ1) is 7.74. The highest BCUT2D eigenvalue weighted by molar-refractivity contribution is 7.17. The second-order valence-electron chi connectivity index (χ2n) is 3.40. The summed E-state index contributed by atoms with van der Waals surface area (Å²) in [5.41, 5.74) is 0. The van der Waals surface area contributed by atoms with Gasteiger partial charge in [-0.3, -0.25) is 9.59 Å². The van der Waals surface area contributed by atoms with E-state index in [9.17, 15) is 9.59 Å². The third kappa shape index (κ3) is 2.17. The number of carbonyl (C=O) groups excluding carboxylic acids is 2. The molecule has 0 spiro atoms. The zero-order valence-corrected chi connectivity index (χ0v) is 10.00. The van der Waals surface area contributed by atoms with Crippen LogP contribution in [-0.2, 0) is 4.79 Å². The van der Waals surface area contributed by atoms with Gasteiger partial charge in [-0.1, -0.05) is 22.9 Å². The van der Waals surface area contributed by atoms with Crippen molar-refractivity contribution in [3.63, 3.8) is 0 Å². The number of rotatable bonds is 3. The Labute approximate surface area is 102 Å². The van der Waals surface area contributed by atoms with Gasteiger partial charge in [-0.2, -0.15) is 0 Å². The summed E-state index contributed by atoms with van der Waals surface area (Å²) in [4.78, 5) is 29.5. The minimum absolute atomic E-state index is 0.257. The molecule has 1 fully saturated rings. The van der Waals surface area contributed by atoms with Gasteiger partial charge in [0.2, 0.25) is 6.41 Å². The molecule has 16 heavy (non-hydrogen) atoms. The summed E-state index contributed by atoms with van der Waals surface area (Å²) >= 11 is 7.08. The van der Waals surface area contributed by atoms with Crippen LogP contribution in [0, 0.1) is 0 Å². The maximum absolute atomic E-state index is 10.6. The molecule has 0 unspecified atom stereocenters. The molecule has 1 aromatic heterocycles. The fraction of sp³-hybridized carbons (Fsp3) is 0.444. The van der Waals surface area contributed by atoms with Crippen molar-refractivity contribution in [2.75, 3.05) is 31.1 Å². The van der Waals surface area contributed by atoms with E-state index in [1.165, 1.54) is 11.3 Å².